The first kappa shape index (κ1) is 13.9. The number of halogens is 1. The summed E-state index contributed by atoms with van der Waals surface area (Å²) in [6, 6.07) is 6.06. The molecule has 0 bridgehead atoms. The number of hydrogen-bond donors (Lipinski definition) is 1. The number of rotatable bonds is 3. The molecule has 0 aliphatic heterocycles. The summed E-state index contributed by atoms with van der Waals surface area (Å²) < 4.78 is 7.23. The van der Waals surface area contributed by atoms with Crippen LogP contribution in [0.3, 0.4) is 0 Å². The van der Waals surface area contributed by atoms with Crippen molar-refractivity contribution in [1.82, 2.24) is 0 Å². The molecule has 1 aromatic carbocycles. The lowest BCUT2D eigenvalue weighted by Crippen LogP contribution is -2.29. The Hall–Kier alpha value is -0.540. The third-order valence-electron chi connectivity index (χ3n) is 3.69. The third kappa shape index (κ3) is 3.27. The van der Waals surface area contributed by atoms with Crippen molar-refractivity contribution in [3.05, 3.63) is 28.2 Å². The van der Waals surface area contributed by atoms with Crippen LogP contribution < -0.4 is 10.5 Å². The van der Waals surface area contributed by atoms with E-state index in [2.05, 4.69) is 29.8 Å². The van der Waals surface area contributed by atoms with Gasteiger partial charge < -0.3 is 10.5 Å². The molecule has 2 nitrogen and oxygen atoms in total. The molecule has 0 aromatic heterocycles. The molecule has 1 aliphatic rings. The smallest absolute Gasteiger partial charge is 0.138 e. The maximum absolute atomic E-state index is 6.22. The van der Waals surface area contributed by atoms with Gasteiger partial charge in [-0.3, -0.25) is 0 Å². The molecule has 1 saturated carbocycles. The minimum absolute atomic E-state index is 0.327. The molecule has 0 saturated heterocycles. The summed E-state index contributed by atoms with van der Waals surface area (Å²) >= 11 is 3.56. The van der Waals surface area contributed by atoms with Crippen molar-refractivity contribution in [2.45, 2.75) is 45.8 Å². The number of ether oxygens (including phenoxy) is 1. The minimum atomic E-state index is 0.327. The Kier molecular flexibility index (Phi) is 4.68. The van der Waals surface area contributed by atoms with Crippen molar-refractivity contribution in [2.75, 3.05) is 0 Å². The van der Waals surface area contributed by atoms with E-state index in [9.17, 15) is 0 Å². The lowest BCUT2D eigenvalue weighted by molar-refractivity contribution is 0.0994. The summed E-state index contributed by atoms with van der Waals surface area (Å²) in [7, 11) is 0. The van der Waals surface area contributed by atoms with E-state index in [0.29, 0.717) is 12.6 Å². The van der Waals surface area contributed by atoms with Crippen molar-refractivity contribution in [2.24, 2.45) is 17.6 Å². The van der Waals surface area contributed by atoms with Crippen LogP contribution in [0.25, 0.3) is 0 Å². The van der Waals surface area contributed by atoms with Crippen LogP contribution in [-0.4, -0.2) is 6.10 Å². The molecule has 1 aromatic rings. The molecule has 100 valence electrons. The highest BCUT2D eigenvalue weighted by Crippen LogP contribution is 2.35. The fraction of sp³-hybridized carbons (Fsp3) is 0.600. The number of para-hydroxylation sites is 1. The van der Waals surface area contributed by atoms with Crippen molar-refractivity contribution in [3.8, 4) is 5.75 Å². The second-order valence-corrected chi connectivity index (χ2v) is 6.44. The Labute approximate surface area is 118 Å². The van der Waals surface area contributed by atoms with Gasteiger partial charge in [0.15, 0.2) is 0 Å². The maximum atomic E-state index is 6.22. The van der Waals surface area contributed by atoms with Crippen LogP contribution in [-0.2, 0) is 6.54 Å². The summed E-state index contributed by atoms with van der Waals surface area (Å²) in [5.41, 5.74) is 6.86. The Bertz CT molecular complexity index is 397. The van der Waals surface area contributed by atoms with Gasteiger partial charge in [0.25, 0.3) is 0 Å². The van der Waals surface area contributed by atoms with Crippen LogP contribution in [0.15, 0.2) is 22.7 Å². The second-order valence-electron chi connectivity index (χ2n) is 5.59. The Morgan fingerprint density at radius 1 is 1.22 bits per heavy atom. The van der Waals surface area contributed by atoms with Gasteiger partial charge in [0, 0.05) is 12.1 Å². The van der Waals surface area contributed by atoms with Crippen molar-refractivity contribution >= 4 is 15.9 Å². The number of benzene rings is 1. The molecule has 2 rings (SSSR count). The highest BCUT2D eigenvalue weighted by molar-refractivity contribution is 9.10. The molecule has 0 radical (unpaired) electrons. The Balaban J connectivity index is 2.13. The van der Waals surface area contributed by atoms with Crippen LogP contribution in [0.5, 0.6) is 5.75 Å². The summed E-state index contributed by atoms with van der Waals surface area (Å²) in [6.07, 6.45) is 3.94. The third-order valence-corrected chi connectivity index (χ3v) is 4.31. The average molecular weight is 312 g/mol. The van der Waals surface area contributed by atoms with Crippen molar-refractivity contribution in [1.29, 1.82) is 0 Å². The van der Waals surface area contributed by atoms with Gasteiger partial charge in [-0.15, -0.1) is 0 Å². The summed E-state index contributed by atoms with van der Waals surface area (Å²) in [5.74, 6) is 2.44. The SMILES string of the molecule is CC1CC(C)CC(Oc2c(Br)cccc2CN)C1. The number of nitrogens with two attached hydrogens (primary N) is 1. The highest BCUT2D eigenvalue weighted by Gasteiger charge is 2.26. The highest BCUT2D eigenvalue weighted by atomic mass is 79.9. The first-order chi connectivity index (χ1) is 8.60. The van der Waals surface area contributed by atoms with Gasteiger partial charge in [-0.25, -0.2) is 0 Å². The van der Waals surface area contributed by atoms with Gasteiger partial charge >= 0.3 is 0 Å². The molecule has 3 heteroatoms. The van der Waals surface area contributed by atoms with Crippen LogP contribution in [0.1, 0.15) is 38.7 Å². The van der Waals surface area contributed by atoms with E-state index in [0.717, 1.165) is 40.5 Å². The van der Waals surface area contributed by atoms with E-state index in [1.807, 2.05) is 18.2 Å². The lowest BCUT2D eigenvalue weighted by atomic mass is 9.82. The molecule has 18 heavy (non-hydrogen) atoms. The molecule has 2 unspecified atom stereocenters. The van der Waals surface area contributed by atoms with E-state index in [1.54, 1.807) is 0 Å². The van der Waals surface area contributed by atoms with E-state index in [1.165, 1.54) is 6.42 Å². The first-order valence-corrected chi connectivity index (χ1v) is 7.53. The van der Waals surface area contributed by atoms with Crippen LogP contribution in [0.2, 0.25) is 0 Å². The van der Waals surface area contributed by atoms with Crippen molar-refractivity contribution in [3.63, 3.8) is 0 Å². The molecular weight excluding hydrogens is 290 g/mol. The van der Waals surface area contributed by atoms with Gasteiger partial charge in [-0.05, 0) is 53.1 Å². The molecule has 2 atom stereocenters. The van der Waals surface area contributed by atoms with E-state index in [4.69, 9.17) is 10.5 Å². The summed E-state index contributed by atoms with van der Waals surface area (Å²) in [6.45, 7) is 5.15. The number of hydrogen-bond acceptors (Lipinski definition) is 2. The van der Waals surface area contributed by atoms with Gasteiger partial charge in [0.1, 0.15) is 5.75 Å². The monoisotopic (exact) mass is 311 g/mol. The zero-order valence-electron chi connectivity index (χ0n) is 11.2. The van der Waals surface area contributed by atoms with Crippen molar-refractivity contribution < 1.29 is 4.74 Å². The fourth-order valence-corrected chi connectivity index (χ4v) is 3.48. The standard InChI is InChI=1S/C15H22BrNO/c1-10-6-11(2)8-13(7-10)18-15-12(9-17)4-3-5-14(15)16/h3-5,10-11,13H,6-9,17H2,1-2H3. The second kappa shape index (κ2) is 6.07. The summed E-state index contributed by atoms with van der Waals surface area (Å²) in [4.78, 5) is 0. The molecule has 0 heterocycles. The minimum Gasteiger partial charge on any atom is -0.489 e. The van der Waals surface area contributed by atoms with E-state index < -0.39 is 0 Å². The Morgan fingerprint density at radius 3 is 2.50 bits per heavy atom. The fourth-order valence-electron chi connectivity index (χ4n) is 2.98. The summed E-state index contributed by atoms with van der Waals surface area (Å²) in [5, 5.41) is 0. The van der Waals surface area contributed by atoms with Crippen LogP contribution in [0.4, 0.5) is 0 Å². The predicted molar refractivity (Wildman–Crippen MR) is 78.6 cm³/mol. The molecular formula is C15H22BrNO. The van der Waals surface area contributed by atoms with Gasteiger partial charge in [0.05, 0.1) is 10.6 Å². The van der Waals surface area contributed by atoms with Gasteiger partial charge in [0.2, 0.25) is 0 Å². The van der Waals surface area contributed by atoms with E-state index >= 15 is 0 Å². The van der Waals surface area contributed by atoms with Gasteiger partial charge in [-0.1, -0.05) is 26.0 Å². The van der Waals surface area contributed by atoms with Crippen LogP contribution >= 0.6 is 15.9 Å². The Morgan fingerprint density at radius 2 is 1.89 bits per heavy atom. The quantitative estimate of drug-likeness (QED) is 0.911. The maximum Gasteiger partial charge on any atom is 0.138 e. The molecule has 2 N–H and O–H groups in total. The molecule has 0 amide bonds. The largest absolute Gasteiger partial charge is 0.489 e. The molecule has 0 spiro atoms. The average Bonchev–Trinajstić information content (AvgIpc) is 2.30. The zero-order valence-corrected chi connectivity index (χ0v) is 12.7. The predicted octanol–water partition coefficient (Wildman–Crippen LogP) is 4.11. The van der Waals surface area contributed by atoms with Crippen LogP contribution in [0, 0.1) is 11.8 Å². The molecule has 1 fully saturated rings. The van der Waals surface area contributed by atoms with E-state index in [-0.39, 0.29) is 0 Å². The topological polar surface area (TPSA) is 35.2 Å². The zero-order chi connectivity index (χ0) is 13.1. The lowest BCUT2D eigenvalue weighted by Gasteiger charge is -2.32. The molecule has 1 aliphatic carbocycles. The van der Waals surface area contributed by atoms with Gasteiger partial charge in [-0.2, -0.15) is 0 Å². The normalized spacial score (nSPS) is 28.1. The first-order valence-electron chi connectivity index (χ1n) is 6.74.